The fourth-order valence-electron chi connectivity index (χ4n) is 3.72. The van der Waals surface area contributed by atoms with E-state index in [0.29, 0.717) is 49.2 Å². The minimum Gasteiger partial charge on any atom is -0.493 e. The van der Waals surface area contributed by atoms with Crippen molar-refractivity contribution in [2.24, 2.45) is 0 Å². The van der Waals surface area contributed by atoms with E-state index >= 15 is 0 Å². The molecule has 0 atom stereocenters. The number of sulfonamides is 1. The van der Waals surface area contributed by atoms with Gasteiger partial charge < -0.3 is 14.4 Å². The molecule has 1 aliphatic rings. The molecule has 1 saturated heterocycles. The number of hydrogen-bond acceptors (Lipinski definition) is 7. The van der Waals surface area contributed by atoms with Crippen molar-refractivity contribution in [2.45, 2.75) is 11.8 Å². The highest BCUT2D eigenvalue weighted by atomic mass is 32.2. The maximum atomic E-state index is 13.2. The second-order valence-corrected chi connectivity index (χ2v) is 9.62. The van der Waals surface area contributed by atoms with Crippen LogP contribution >= 0.6 is 0 Å². The zero-order valence-electron chi connectivity index (χ0n) is 18.8. The molecule has 9 nitrogen and oxygen atoms in total. The Bertz CT molecular complexity index is 1300. The van der Waals surface area contributed by atoms with E-state index in [1.807, 2.05) is 36.1 Å². The Morgan fingerprint density at radius 2 is 1.52 bits per heavy atom. The number of benzene rings is 2. The molecule has 2 aromatic carbocycles. The normalized spacial score (nSPS) is 14.8. The van der Waals surface area contributed by atoms with Crippen molar-refractivity contribution in [1.29, 1.82) is 0 Å². The molecule has 3 aromatic rings. The molecule has 0 N–H and O–H groups in total. The first-order chi connectivity index (χ1) is 15.8. The molecule has 4 rings (SSSR count). The predicted molar refractivity (Wildman–Crippen MR) is 125 cm³/mol. The van der Waals surface area contributed by atoms with Gasteiger partial charge in [0.15, 0.2) is 11.5 Å². The number of aryl methyl sites for hydroxylation is 1. The SMILES string of the molecule is COc1ccc(S(=O)(=O)N2CCN(c3ccc(=O)n(-c4ccc(C)cc4)n3)CC2)cc1OC. The van der Waals surface area contributed by atoms with Gasteiger partial charge in [-0.15, -0.1) is 5.10 Å². The average molecular weight is 471 g/mol. The molecule has 174 valence electrons. The van der Waals surface area contributed by atoms with Crippen LogP contribution in [0.5, 0.6) is 11.5 Å². The Morgan fingerprint density at radius 1 is 0.848 bits per heavy atom. The summed E-state index contributed by atoms with van der Waals surface area (Å²) in [6.45, 7) is 3.47. The third kappa shape index (κ3) is 4.57. The van der Waals surface area contributed by atoms with Crippen LogP contribution in [0.4, 0.5) is 5.82 Å². The number of anilines is 1. The number of rotatable bonds is 6. The third-order valence-corrected chi connectivity index (χ3v) is 7.51. The van der Waals surface area contributed by atoms with E-state index in [1.54, 1.807) is 12.1 Å². The van der Waals surface area contributed by atoms with Crippen molar-refractivity contribution in [3.63, 3.8) is 0 Å². The van der Waals surface area contributed by atoms with Crippen LogP contribution in [-0.2, 0) is 10.0 Å². The number of methoxy groups -OCH3 is 2. The quantitative estimate of drug-likeness (QED) is 0.544. The van der Waals surface area contributed by atoms with Crippen molar-refractivity contribution in [3.05, 3.63) is 70.5 Å². The van der Waals surface area contributed by atoms with Crippen LogP contribution in [0.3, 0.4) is 0 Å². The molecule has 0 bridgehead atoms. The van der Waals surface area contributed by atoms with Gasteiger partial charge in [0.05, 0.1) is 24.8 Å². The molecule has 0 spiro atoms. The number of aromatic nitrogens is 2. The van der Waals surface area contributed by atoms with Gasteiger partial charge in [0.25, 0.3) is 5.56 Å². The van der Waals surface area contributed by atoms with E-state index in [-0.39, 0.29) is 10.5 Å². The first-order valence-corrected chi connectivity index (χ1v) is 11.9. The molecular weight excluding hydrogens is 444 g/mol. The number of ether oxygens (including phenoxy) is 2. The molecule has 0 radical (unpaired) electrons. The molecule has 1 aromatic heterocycles. The molecule has 0 amide bonds. The summed E-state index contributed by atoms with van der Waals surface area (Å²) >= 11 is 0. The highest BCUT2D eigenvalue weighted by molar-refractivity contribution is 7.89. The fourth-order valence-corrected chi connectivity index (χ4v) is 5.16. The molecule has 0 aliphatic carbocycles. The lowest BCUT2D eigenvalue weighted by Crippen LogP contribution is -2.49. The van der Waals surface area contributed by atoms with Gasteiger partial charge in [-0.3, -0.25) is 4.79 Å². The van der Waals surface area contributed by atoms with Gasteiger partial charge in [0.2, 0.25) is 10.0 Å². The van der Waals surface area contributed by atoms with Crippen molar-refractivity contribution >= 4 is 15.8 Å². The largest absolute Gasteiger partial charge is 0.493 e. The van der Waals surface area contributed by atoms with Crippen LogP contribution in [-0.4, -0.2) is 62.9 Å². The highest BCUT2D eigenvalue weighted by Crippen LogP contribution is 2.31. The summed E-state index contributed by atoms with van der Waals surface area (Å²) in [6.07, 6.45) is 0. The average Bonchev–Trinajstić information content (AvgIpc) is 2.84. The van der Waals surface area contributed by atoms with Gasteiger partial charge in [0, 0.05) is 38.3 Å². The summed E-state index contributed by atoms with van der Waals surface area (Å²) in [5.74, 6) is 1.45. The Morgan fingerprint density at radius 3 is 2.15 bits per heavy atom. The zero-order valence-corrected chi connectivity index (χ0v) is 19.6. The standard InChI is InChI=1S/C23H26N4O5S/c1-17-4-6-18(7-5-17)27-23(28)11-10-22(24-27)25-12-14-26(15-13-25)33(29,30)19-8-9-20(31-2)21(16-19)32-3/h4-11,16H,12-15H2,1-3H3. The number of piperazine rings is 1. The molecule has 2 heterocycles. The van der Waals surface area contributed by atoms with Crippen molar-refractivity contribution in [1.82, 2.24) is 14.1 Å². The van der Waals surface area contributed by atoms with Gasteiger partial charge >= 0.3 is 0 Å². The van der Waals surface area contributed by atoms with E-state index in [2.05, 4.69) is 5.10 Å². The fraction of sp³-hybridized carbons (Fsp3) is 0.304. The minimum absolute atomic E-state index is 0.152. The Balaban J connectivity index is 1.52. The van der Waals surface area contributed by atoms with Crippen LogP contribution in [0.2, 0.25) is 0 Å². The Kier molecular flexibility index (Phi) is 6.39. The summed E-state index contributed by atoms with van der Waals surface area (Å²) in [6, 6.07) is 15.3. The van der Waals surface area contributed by atoms with E-state index in [0.717, 1.165) is 5.56 Å². The summed E-state index contributed by atoms with van der Waals surface area (Å²) in [5.41, 5.74) is 1.55. The van der Waals surface area contributed by atoms with Crippen molar-refractivity contribution in [3.8, 4) is 17.2 Å². The van der Waals surface area contributed by atoms with Crippen molar-refractivity contribution < 1.29 is 17.9 Å². The van der Waals surface area contributed by atoms with Gasteiger partial charge in [0.1, 0.15) is 5.82 Å². The van der Waals surface area contributed by atoms with E-state index in [1.165, 1.54) is 41.4 Å². The molecule has 1 aliphatic heterocycles. The van der Waals surface area contributed by atoms with Gasteiger partial charge in [-0.2, -0.15) is 8.99 Å². The lowest BCUT2D eigenvalue weighted by molar-refractivity contribution is 0.353. The molecule has 33 heavy (non-hydrogen) atoms. The lowest BCUT2D eigenvalue weighted by atomic mass is 10.2. The summed E-state index contributed by atoms with van der Waals surface area (Å²) in [4.78, 5) is 14.5. The smallest absolute Gasteiger partial charge is 0.271 e. The van der Waals surface area contributed by atoms with E-state index in [9.17, 15) is 13.2 Å². The van der Waals surface area contributed by atoms with Crippen LogP contribution in [0.25, 0.3) is 5.69 Å². The van der Waals surface area contributed by atoms with Crippen LogP contribution in [0.1, 0.15) is 5.56 Å². The second kappa shape index (κ2) is 9.24. The Labute approximate surface area is 192 Å². The number of nitrogens with zero attached hydrogens (tertiary/aromatic N) is 4. The molecular formula is C23H26N4O5S. The third-order valence-electron chi connectivity index (χ3n) is 5.62. The molecule has 1 fully saturated rings. The Hall–Kier alpha value is -3.37. The molecule has 10 heteroatoms. The summed E-state index contributed by atoms with van der Waals surface area (Å²) in [5, 5.41) is 4.51. The van der Waals surface area contributed by atoms with Crippen molar-refractivity contribution in [2.75, 3.05) is 45.3 Å². The highest BCUT2D eigenvalue weighted by Gasteiger charge is 2.30. The van der Waals surface area contributed by atoms with E-state index in [4.69, 9.17) is 9.47 Å². The van der Waals surface area contributed by atoms with Crippen LogP contribution < -0.4 is 19.9 Å². The zero-order chi connectivity index (χ0) is 23.6. The van der Waals surface area contributed by atoms with Crippen LogP contribution in [0, 0.1) is 6.92 Å². The molecule has 0 unspecified atom stereocenters. The van der Waals surface area contributed by atoms with E-state index < -0.39 is 10.0 Å². The van der Waals surface area contributed by atoms with Gasteiger partial charge in [-0.25, -0.2) is 8.42 Å². The minimum atomic E-state index is -3.69. The first kappa shape index (κ1) is 22.8. The van der Waals surface area contributed by atoms with Gasteiger partial charge in [-0.1, -0.05) is 17.7 Å². The predicted octanol–water partition coefficient (Wildman–Crippen LogP) is 2.07. The molecule has 0 saturated carbocycles. The summed E-state index contributed by atoms with van der Waals surface area (Å²) < 4.78 is 39.6. The maximum Gasteiger partial charge on any atom is 0.271 e. The summed E-state index contributed by atoms with van der Waals surface area (Å²) in [7, 11) is -0.722. The number of hydrogen-bond donors (Lipinski definition) is 0. The van der Waals surface area contributed by atoms with Crippen LogP contribution in [0.15, 0.2) is 64.3 Å². The monoisotopic (exact) mass is 470 g/mol. The second-order valence-electron chi connectivity index (χ2n) is 7.69. The maximum absolute atomic E-state index is 13.2. The first-order valence-electron chi connectivity index (χ1n) is 10.5. The lowest BCUT2D eigenvalue weighted by Gasteiger charge is -2.34. The van der Waals surface area contributed by atoms with Gasteiger partial charge in [-0.05, 0) is 37.3 Å². The topological polar surface area (TPSA) is 94.0 Å².